The van der Waals surface area contributed by atoms with Gasteiger partial charge in [-0.25, -0.2) is 4.79 Å². The molecule has 0 atom stereocenters. The van der Waals surface area contributed by atoms with Crippen molar-refractivity contribution in [2.45, 2.75) is 19.8 Å². The minimum Gasteiger partial charge on any atom is -0.328 e. The number of hydrogen-bond acceptors (Lipinski definition) is 5. The first-order chi connectivity index (χ1) is 9.99. The van der Waals surface area contributed by atoms with Gasteiger partial charge in [0.25, 0.3) is 11.8 Å². The normalized spacial score (nSPS) is 14.2. The van der Waals surface area contributed by atoms with E-state index in [4.69, 9.17) is 4.84 Å². The molecule has 1 aliphatic heterocycles. The Morgan fingerprint density at radius 1 is 1.14 bits per heavy atom. The zero-order valence-corrected chi connectivity index (χ0v) is 11.4. The molecule has 2 rings (SSSR count). The van der Waals surface area contributed by atoms with Crippen molar-refractivity contribution in [1.82, 2.24) is 5.06 Å². The summed E-state index contributed by atoms with van der Waals surface area (Å²) in [5.74, 6) is -2.31. The molecule has 21 heavy (non-hydrogen) atoms. The number of hydrogen-bond donors (Lipinski definition) is 0. The highest BCUT2D eigenvalue weighted by Gasteiger charge is 2.33. The molecule has 0 saturated carbocycles. The Hall–Kier alpha value is -2.70. The zero-order chi connectivity index (χ0) is 15.4. The van der Waals surface area contributed by atoms with Gasteiger partial charge in [-0.1, -0.05) is 18.2 Å². The highest BCUT2D eigenvalue weighted by Crippen LogP contribution is 2.15. The van der Waals surface area contributed by atoms with Gasteiger partial charge in [-0.2, -0.15) is 0 Å². The molecule has 0 radical (unpaired) electrons. The lowest BCUT2D eigenvalue weighted by Gasteiger charge is -2.21. The maximum absolute atomic E-state index is 11.8. The second kappa shape index (κ2) is 6.17. The number of para-hydroxylation sites is 1. The van der Waals surface area contributed by atoms with Crippen LogP contribution >= 0.6 is 0 Å². The number of carbonyl (C=O) groups excluding carboxylic acids is 4. The van der Waals surface area contributed by atoms with Crippen molar-refractivity contribution in [3.63, 3.8) is 0 Å². The van der Waals surface area contributed by atoms with Crippen LogP contribution in [0.5, 0.6) is 0 Å². The first-order valence-corrected chi connectivity index (χ1v) is 6.39. The summed E-state index contributed by atoms with van der Waals surface area (Å²) in [5.41, 5.74) is 0.529. The molecular weight excluding hydrogens is 276 g/mol. The summed E-state index contributed by atoms with van der Waals surface area (Å²) in [6.45, 7) is 0.933. The number of anilines is 1. The third-order valence-corrected chi connectivity index (χ3v) is 2.93. The molecule has 7 nitrogen and oxygen atoms in total. The number of hydroxylamine groups is 2. The number of imide groups is 1. The van der Waals surface area contributed by atoms with E-state index in [1.54, 1.807) is 30.3 Å². The molecule has 1 aromatic rings. The number of rotatable bonds is 4. The number of amides is 3. The first-order valence-electron chi connectivity index (χ1n) is 6.39. The molecule has 0 spiro atoms. The Labute approximate surface area is 121 Å². The van der Waals surface area contributed by atoms with Gasteiger partial charge >= 0.3 is 5.97 Å². The molecular formula is C14H14N2O5. The Morgan fingerprint density at radius 2 is 1.71 bits per heavy atom. The van der Waals surface area contributed by atoms with Crippen LogP contribution in [-0.4, -0.2) is 35.3 Å². The Kier molecular flexibility index (Phi) is 4.32. The van der Waals surface area contributed by atoms with Crippen molar-refractivity contribution in [2.75, 3.05) is 11.4 Å². The molecule has 0 aromatic heterocycles. The van der Waals surface area contributed by atoms with E-state index in [1.165, 1.54) is 11.8 Å². The second-order valence-corrected chi connectivity index (χ2v) is 4.49. The van der Waals surface area contributed by atoms with Crippen molar-refractivity contribution < 1.29 is 24.0 Å². The third kappa shape index (κ3) is 3.44. The van der Waals surface area contributed by atoms with E-state index in [0.717, 1.165) is 0 Å². The Bertz CT molecular complexity index is 568. The van der Waals surface area contributed by atoms with Crippen LogP contribution in [0.3, 0.4) is 0 Å². The summed E-state index contributed by atoms with van der Waals surface area (Å²) in [7, 11) is 0. The lowest BCUT2D eigenvalue weighted by molar-refractivity contribution is -0.196. The topological polar surface area (TPSA) is 84.0 Å². The molecule has 0 N–H and O–H groups in total. The van der Waals surface area contributed by atoms with Crippen LogP contribution in [0.25, 0.3) is 0 Å². The fourth-order valence-corrected chi connectivity index (χ4v) is 1.91. The van der Waals surface area contributed by atoms with Gasteiger partial charge in [-0.3, -0.25) is 14.4 Å². The summed E-state index contributed by atoms with van der Waals surface area (Å²) in [4.78, 5) is 52.1. The molecule has 0 unspecified atom stereocenters. The fraction of sp³-hybridized carbons (Fsp3) is 0.286. The van der Waals surface area contributed by atoms with E-state index in [0.29, 0.717) is 10.8 Å². The largest absolute Gasteiger partial charge is 0.352 e. The summed E-state index contributed by atoms with van der Waals surface area (Å²) in [6.07, 6.45) is 0.0580. The smallest absolute Gasteiger partial charge is 0.328 e. The maximum Gasteiger partial charge on any atom is 0.352 e. The van der Waals surface area contributed by atoms with Crippen molar-refractivity contribution in [3.8, 4) is 0 Å². The molecule has 1 aromatic carbocycles. The van der Waals surface area contributed by atoms with E-state index < -0.39 is 17.8 Å². The van der Waals surface area contributed by atoms with E-state index in [-0.39, 0.29) is 25.3 Å². The Balaban J connectivity index is 2.04. The minimum atomic E-state index is -0.849. The molecule has 1 heterocycles. The molecule has 7 heteroatoms. The van der Waals surface area contributed by atoms with Gasteiger partial charge in [0.1, 0.15) is 6.54 Å². The summed E-state index contributed by atoms with van der Waals surface area (Å²) in [5, 5.41) is 0.464. The average Bonchev–Trinajstić information content (AvgIpc) is 2.77. The molecule has 110 valence electrons. The van der Waals surface area contributed by atoms with Crippen LogP contribution in [-0.2, 0) is 24.0 Å². The van der Waals surface area contributed by atoms with Gasteiger partial charge in [0.05, 0.1) is 0 Å². The van der Waals surface area contributed by atoms with Crippen molar-refractivity contribution in [2.24, 2.45) is 0 Å². The lowest BCUT2D eigenvalue weighted by Crippen LogP contribution is -2.39. The lowest BCUT2D eigenvalue weighted by atomic mass is 10.3. The van der Waals surface area contributed by atoms with Crippen LogP contribution in [0.1, 0.15) is 19.8 Å². The summed E-state index contributed by atoms with van der Waals surface area (Å²) < 4.78 is 0. The predicted octanol–water partition coefficient (Wildman–Crippen LogP) is 0.647. The number of benzene rings is 1. The van der Waals surface area contributed by atoms with Gasteiger partial charge in [0.2, 0.25) is 5.91 Å². The minimum absolute atomic E-state index is 0.0290. The second-order valence-electron chi connectivity index (χ2n) is 4.49. The molecule has 1 saturated heterocycles. The van der Waals surface area contributed by atoms with Gasteiger partial charge in [0.15, 0.2) is 0 Å². The van der Waals surface area contributed by atoms with Crippen molar-refractivity contribution >= 4 is 29.4 Å². The zero-order valence-electron chi connectivity index (χ0n) is 11.4. The molecule has 1 aliphatic rings. The molecule has 1 fully saturated rings. The Morgan fingerprint density at radius 3 is 2.24 bits per heavy atom. The van der Waals surface area contributed by atoms with E-state index in [1.807, 2.05) is 0 Å². The van der Waals surface area contributed by atoms with Crippen LogP contribution in [0.15, 0.2) is 30.3 Å². The quantitative estimate of drug-likeness (QED) is 0.760. The van der Waals surface area contributed by atoms with Gasteiger partial charge < -0.3 is 9.74 Å². The van der Waals surface area contributed by atoms with Gasteiger partial charge in [-0.05, 0) is 12.1 Å². The summed E-state index contributed by atoms with van der Waals surface area (Å²) >= 11 is 0. The summed E-state index contributed by atoms with van der Waals surface area (Å²) in [6, 6.07) is 8.57. The van der Waals surface area contributed by atoms with Crippen LogP contribution < -0.4 is 4.90 Å². The van der Waals surface area contributed by atoms with E-state index in [9.17, 15) is 19.2 Å². The highest BCUT2D eigenvalue weighted by molar-refractivity contribution is 6.02. The molecule has 0 bridgehead atoms. The number of carbonyl (C=O) groups is 4. The number of nitrogens with zero attached hydrogens (tertiary/aromatic N) is 2. The average molecular weight is 290 g/mol. The predicted molar refractivity (Wildman–Crippen MR) is 71.6 cm³/mol. The van der Waals surface area contributed by atoms with Crippen molar-refractivity contribution in [1.29, 1.82) is 0 Å². The van der Waals surface area contributed by atoms with Gasteiger partial charge in [0, 0.05) is 25.5 Å². The van der Waals surface area contributed by atoms with Crippen LogP contribution in [0.2, 0.25) is 0 Å². The van der Waals surface area contributed by atoms with E-state index >= 15 is 0 Å². The SMILES string of the molecule is CC(=O)N(CC(=O)ON1C(=O)CCC1=O)c1ccccc1. The standard InChI is InChI=1S/C14H14N2O5/c1-10(17)15(11-5-3-2-4-6-11)9-14(20)21-16-12(18)7-8-13(16)19/h2-6H,7-9H2,1H3. The van der Waals surface area contributed by atoms with Crippen LogP contribution in [0.4, 0.5) is 5.69 Å². The fourth-order valence-electron chi connectivity index (χ4n) is 1.91. The monoisotopic (exact) mass is 290 g/mol. The van der Waals surface area contributed by atoms with Crippen molar-refractivity contribution in [3.05, 3.63) is 30.3 Å². The van der Waals surface area contributed by atoms with Crippen LogP contribution in [0, 0.1) is 0 Å². The highest BCUT2D eigenvalue weighted by atomic mass is 16.7. The first kappa shape index (κ1) is 14.7. The third-order valence-electron chi connectivity index (χ3n) is 2.93. The maximum atomic E-state index is 11.8. The molecule has 0 aliphatic carbocycles. The van der Waals surface area contributed by atoms with Gasteiger partial charge in [-0.15, -0.1) is 5.06 Å². The molecule has 3 amide bonds. The van der Waals surface area contributed by atoms with E-state index in [2.05, 4.69) is 0 Å².